The van der Waals surface area contributed by atoms with Gasteiger partial charge < -0.3 is 24.6 Å². The molecular formula is C31H30N2O8S. The van der Waals surface area contributed by atoms with Crippen LogP contribution in [-0.4, -0.2) is 72.2 Å². The van der Waals surface area contributed by atoms with Gasteiger partial charge in [0.2, 0.25) is 0 Å². The third-order valence-corrected chi connectivity index (χ3v) is 8.41. The maximum absolute atomic E-state index is 13.1. The molecule has 5 rings (SSSR count). The quantitative estimate of drug-likeness (QED) is 0.327. The number of imide groups is 1. The van der Waals surface area contributed by atoms with Crippen LogP contribution in [0.2, 0.25) is 0 Å². The maximum Gasteiger partial charge on any atom is 0.417 e. The lowest BCUT2D eigenvalue weighted by Crippen LogP contribution is -2.47. The first-order valence-corrected chi connectivity index (χ1v) is 14.5. The number of aliphatic carboxylic acids is 1. The predicted molar refractivity (Wildman–Crippen MR) is 155 cm³/mol. The van der Waals surface area contributed by atoms with E-state index in [1.165, 1.54) is 11.8 Å². The summed E-state index contributed by atoms with van der Waals surface area (Å²) in [7, 11) is 1.58. The molecule has 0 radical (unpaired) electrons. The van der Waals surface area contributed by atoms with Crippen LogP contribution in [0.1, 0.15) is 29.0 Å². The van der Waals surface area contributed by atoms with E-state index in [4.69, 9.17) is 14.2 Å². The van der Waals surface area contributed by atoms with Gasteiger partial charge in [-0.3, -0.25) is 9.59 Å². The van der Waals surface area contributed by atoms with Gasteiger partial charge >= 0.3 is 18.2 Å². The number of benzene rings is 3. The molecule has 2 aliphatic rings. The van der Waals surface area contributed by atoms with E-state index >= 15 is 0 Å². The van der Waals surface area contributed by atoms with Crippen LogP contribution in [0.3, 0.4) is 0 Å². The van der Waals surface area contributed by atoms with Gasteiger partial charge in [0.15, 0.2) is 0 Å². The minimum atomic E-state index is -1.15. The molecule has 2 atom stereocenters. The van der Waals surface area contributed by atoms with Gasteiger partial charge in [-0.25, -0.2) is 14.5 Å². The molecular weight excluding hydrogens is 560 g/mol. The van der Waals surface area contributed by atoms with Crippen molar-refractivity contribution >= 4 is 35.8 Å². The van der Waals surface area contributed by atoms with E-state index in [2.05, 4.69) is 5.32 Å². The summed E-state index contributed by atoms with van der Waals surface area (Å²) < 4.78 is 15.9. The van der Waals surface area contributed by atoms with Crippen molar-refractivity contribution in [3.63, 3.8) is 0 Å². The molecule has 3 aromatic rings. The second-order valence-corrected chi connectivity index (χ2v) is 10.9. The first-order chi connectivity index (χ1) is 20.4. The Balaban J connectivity index is 1.17. The lowest BCUT2D eigenvalue weighted by molar-refractivity contribution is -0.139. The minimum absolute atomic E-state index is 0.0745. The summed E-state index contributed by atoms with van der Waals surface area (Å²) in [6.45, 7) is -0.434. The highest BCUT2D eigenvalue weighted by atomic mass is 32.2. The van der Waals surface area contributed by atoms with Crippen molar-refractivity contribution in [3.8, 4) is 16.9 Å². The summed E-state index contributed by atoms with van der Waals surface area (Å²) in [5.41, 5.74) is 5.30. The lowest BCUT2D eigenvalue weighted by Gasteiger charge is -2.22. The van der Waals surface area contributed by atoms with Gasteiger partial charge in [-0.15, -0.1) is 0 Å². The van der Waals surface area contributed by atoms with Crippen LogP contribution >= 0.6 is 11.8 Å². The fourth-order valence-electron chi connectivity index (χ4n) is 5.29. The second-order valence-electron chi connectivity index (χ2n) is 9.89. The van der Waals surface area contributed by atoms with E-state index in [1.807, 2.05) is 72.8 Å². The van der Waals surface area contributed by atoms with Crippen molar-refractivity contribution in [2.45, 2.75) is 30.2 Å². The number of thioether (sulfide) groups is 1. The number of carboxylic acids is 1. The molecule has 11 heteroatoms. The van der Waals surface area contributed by atoms with Crippen LogP contribution in [0.15, 0.2) is 72.8 Å². The summed E-state index contributed by atoms with van der Waals surface area (Å²) in [5.74, 6) is -0.460. The van der Waals surface area contributed by atoms with E-state index in [1.54, 1.807) is 7.11 Å². The van der Waals surface area contributed by atoms with Gasteiger partial charge in [0, 0.05) is 17.4 Å². The Labute approximate surface area is 246 Å². The fraction of sp³-hybridized carbons (Fsp3) is 0.290. The standard InChI is InChI=1S/C31H30N2O8S/c1-39-20-12-10-19(11-13-20)17-42-18-26-27(14-29(35)36)41-31(38)33(26)28(34)15-32-30(37)40-16-25-23-8-4-2-6-21(23)22-7-3-5-9-24(22)25/h2-13,25-27H,14-18H2,1H3,(H,32,37)(H,35,36)/t26-,27-/m0/s1. The van der Waals surface area contributed by atoms with Gasteiger partial charge in [0.05, 0.1) is 19.6 Å². The van der Waals surface area contributed by atoms with Crippen LogP contribution in [-0.2, 0) is 24.8 Å². The van der Waals surface area contributed by atoms with Crippen molar-refractivity contribution in [1.82, 2.24) is 10.2 Å². The monoisotopic (exact) mass is 590 g/mol. The maximum atomic E-state index is 13.1. The zero-order valence-corrected chi connectivity index (χ0v) is 23.7. The van der Waals surface area contributed by atoms with Gasteiger partial charge in [-0.2, -0.15) is 11.8 Å². The van der Waals surface area contributed by atoms with Crippen LogP contribution in [0, 0.1) is 0 Å². The van der Waals surface area contributed by atoms with Crippen LogP contribution in [0.5, 0.6) is 5.75 Å². The smallest absolute Gasteiger partial charge is 0.417 e. The average Bonchev–Trinajstić information content (AvgIpc) is 3.48. The molecule has 1 aliphatic carbocycles. The molecule has 42 heavy (non-hydrogen) atoms. The molecule has 0 unspecified atom stereocenters. The first kappa shape index (κ1) is 29.0. The van der Waals surface area contributed by atoms with Gasteiger partial charge in [0.1, 0.15) is 25.0 Å². The third-order valence-electron chi connectivity index (χ3n) is 7.30. The SMILES string of the molecule is COc1ccc(CSC[C@H]2[C@H](CC(=O)O)OC(=O)N2C(=O)CNC(=O)OCC2c3ccccc3-c3ccccc32)cc1. The molecule has 0 spiro atoms. The van der Waals surface area contributed by atoms with E-state index in [0.717, 1.165) is 38.5 Å². The number of amides is 3. The highest BCUT2D eigenvalue weighted by Crippen LogP contribution is 2.44. The van der Waals surface area contributed by atoms with Crippen LogP contribution < -0.4 is 10.1 Å². The average molecular weight is 591 g/mol. The summed E-state index contributed by atoms with van der Waals surface area (Å²) in [5, 5.41) is 11.7. The number of fused-ring (bicyclic) bond motifs is 3. The largest absolute Gasteiger partial charge is 0.497 e. The number of rotatable bonds is 11. The van der Waals surface area contributed by atoms with E-state index in [0.29, 0.717) is 5.75 Å². The number of hydrogen-bond donors (Lipinski definition) is 2. The predicted octanol–water partition coefficient (Wildman–Crippen LogP) is 4.66. The second kappa shape index (κ2) is 13.0. The zero-order chi connectivity index (χ0) is 29.6. The number of cyclic esters (lactones) is 1. The molecule has 218 valence electrons. The number of ether oxygens (including phenoxy) is 3. The highest BCUT2D eigenvalue weighted by Gasteiger charge is 2.46. The molecule has 1 saturated heterocycles. The highest BCUT2D eigenvalue weighted by molar-refractivity contribution is 7.98. The van der Waals surface area contributed by atoms with Crippen molar-refractivity contribution in [2.75, 3.05) is 26.0 Å². The van der Waals surface area contributed by atoms with E-state index in [-0.39, 0.29) is 18.3 Å². The molecule has 0 aromatic heterocycles. The molecule has 0 saturated carbocycles. The molecule has 2 N–H and O–H groups in total. The summed E-state index contributed by atoms with van der Waals surface area (Å²) in [4.78, 5) is 50.6. The number of methoxy groups -OCH3 is 1. The number of carbonyl (C=O) groups excluding carboxylic acids is 3. The van der Waals surface area contributed by atoms with Gasteiger partial charge in [0.25, 0.3) is 5.91 Å². The van der Waals surface area contributed by atoms with Crippen molar-refractivity contribution in [3.05, 3.63) is 89.5 Å². The summed E-state index contributed by atoms with van der Waals surface area (Å²) in [6.07, 6.45) is -3.18. The summed E-state index contributed by atoms with van der Waals surface area (Å²) >= 11 is 1.43. The Kier molecular flexibility index (Phi) is 8.97. The van der Waals surface area contributed by atoms with Crippen molar-refractivity contribution in [1.29, 1.82) is 0 Å². The molecule has 3 amide bonds. The molecule has 3 aromatic carbocycles. The van der Waals surface area contributed by atoms with Gasteiger partial charge in [-0.05, 0) is 39.9 Å². The molecule has 0 bridgehead atoms. The van der Waals surface area contributed by atoms with E-state index < -0.39 is 49.2 Å². The number of nitrogens with one attached hydrogen (secondary N) is 1. The number of alkyl carbamates (subject to hydrolysis) is 1. The lowest BCUT2D eigenvalue weighted by atomic mass is 9.98. The topological polar surface area (TPSA) is 131 Å². The van der Waals surface area contributed by atoms with Crippen molar-refractivity contribution in [2.24, 2.45) is 0 Å². The Hall–Kier alpha value is -4.51. The Morgan fingerprint density at radius 1 is 0.976 bits per heavy atom. The fourth-order valence-corrected chi connectivity index (χ4v) is 6.44. The zero-order valence-electron chi connectivity index (χ0n) is 22.9. The van der Waals surface area contributed by atoms with E-state index in [9.17, 15) is 24.3 Å². The first-order valence-electron chi connectivity index (χ1n) is 13.4. The minimum Gasteiger partial charge on any atom is -0.497 e. The van der Waals surface area contributed by atoms with Crippen LogP contribution in [0.25, 0.3) is 11.1 Å². The normalized spacial score (nSPS) is 17.3. The molecule has 1 fully saturated rings. The molecule has 1 aliphatic heterocycles. The third kappa shape index (κ3) is 6.36. The Bertz CT molecular complexity index is 1430. The summed E-state index contributed by atoms with van der Waals surface area (Å²) in [6, 6.07) is 22.5. The number of hydrogen-bond acceptors (Lipinski definition) is 8. The number of carbonyl (C=O) groups is 4. The Morgan fingerprint density at radius 2 is 1.62 bits per heavy atom. The molecule has 10 nitrogen and oxygen atoms in total. The Morgan fingerprint density at radius 3 is 2.24 bits per heavy atom. The van der Waals surface area contributed by atoms with Crippen LogP contribution in [0.4, 0.5) is 9.59 Å². The number of nitrogens with zero attached hydrogens (tertiary/aromatic N) is 1. The van der Waals surface area contributed by atoms with Crippen molar-refractivity contribution < 1.29 is 38.5 Å². The molecule has 1 heterocycles. The number of carboxylic acid groups (broad SMARTS) is 1. The van der Waals surface area contributed by atoms with Gasteiger partial charge in [-0.1, -0.05) is 60.7 Å².